The van der Waals surface area contributed by atoms with Gasteiger partial charge in [-0.15, -0.1) is 0 Å². The molecule has 0 atom stereocenters. The molecule has 0 aliphatic heterocycles. The zero-order chi connectivity index (χ0) is 23.9. The normalized spacial score (nSPS) is 12.3. The second-order valence-electron chi connectivity index (χ2n) is 7.35. The van der Waals surface area contributed by atoms with E-state index in [1.807, 2.05) is 0 Å². The Labute approximate surface area is 217 Å². The number of amides is 1. The molecule has 1 aliphatic carbocycles. The van der Waals surface area contributed by atoms with E-state index in [1.54, 1.807) is 43.3 Å². The van der Waals surface area contributed by atoms with Gasteiger partial charge in [-0.3, -0.25) is 14.4 Å². The fraction of sp³-hybridized carbons (Fsp3) is 0.0870. The number of nitrogen functional groups attached to an aromatic ring is 1. The van der Waals surface area contributed by atoms with Gasteiger partial charge in [0.2, 0.25) is 5.91 Å². The molecule has 0 bridgehead atoms. The molecule has 0 fully saturated rings. The van der Waals surface area contributed by atoms with Crippen molar-refractivity contribution in [2.24, 2.45) is 0 Å². The van der Waals surface area contributed by atoms with Crippen LogP contribution in [0.4, 0.5) is 22.7 Å². The number of ketones is 2. The number of carbonyl (C=O) groups excluding carboxylic acids is 3. The van der Waals surface area contributed by atoms with E-state index in [-0.39, 0.29) is 63.4 Å². The standard InChI is InChI=1S/C23H19N3O6S.Na/c1-2-18(27)26-13-9-7-12(8-10-13)25-16-11-17(33(30,31)32)21(24)20-19(16)22(28)14-5-3-4-6-15(14)23(20)29;/h3-11,25H,2,24H2,1H3,(H,26,27)(H,30,31,32);/q;+1/p-1. The Morgan fingerprint density at radius 1 is 0.941 bits per heavy atom. The van der Waals surface area contributed by atoms with Gasteiger partial charge in [-0.1, -0.05) is 31.2 Å². The molecule has 0 saturated heterocycles. The molecule has 1 amide bonds. The number of nitrogens with one attached hydrogen (secondary N) is 2. The van der Waals surface area contributed by atoms with Gasteiger partial charge >= 0.3 is 29.6 Å². The molecular formula is C23H18N3NaO6S. The van der Waals surface area contributed by atoms with Crippen molar-refractivity contribution in [2.75, 3.05) is 16.4 Å². The van der Waals surface area contributed by atoms with Crippen LogP contribution in [0, 0.1) is 0 Å². The van der Waals surface area contributed by atoms with E-state index in [0.29, 0.717) is 17.8 Å². The zero-order valence-electron chi connectivity index (χ0n) is 18.3. The summed E-state index contributed by atoms with van der Waals surface area (Å²) in [5.41, 5.74) is 6.04. The van der Waals surface area contributed by atoms with Crippen LogP contribution in [0.3, 0.4) is 0 Å². The van der Waals surface area contributed by atoms with Gasteiger partial charge in [0.15, 0.2) is 11.6 Å². The number of benzene rings is 3. The predicted molar refractivity (Wildman–Crippen MR) is 121 cm³/mol. The van der Waals surface area contributed by atoms with Crippen LogP contribution >= 0.6 is 0 Å². The topological polar surface area (TPSA) is 158 Å². The van der Waals surface area contributed by atoms with Gasteiger partial charge in [-0.2, -0.15) is 0 Å². The molecule has 3 aromatic rings. The Balaban J connectivity index is 0.00000324. The van der Waals surface area contributed by atoms with Gasteiger partial charge in [-0.05, 0) is 30.3 Å². The van der Waals surface area contributed by atoms with Crippen molar-refractivity contribution < 1.29 is 56.9 Å². The zero-order valence-corrected chi connectivity index (χ0v) is 21.2. The number of hydrogen-bond acceptors (Lipinski definition) is 8. The third kappa shape index (κ3) is 4.63. The number of carbonyl (C=O) groups is 3. The number of hydrogen-bond donors (Lipinski definition) is 3. The molecule has 3 aromatic carbocycles. The minimum atomic E-state index is -5.05. The quantitative estimate of drug-likeness (QED) is 0.202. The molecule has 4 rings (SSSR count). The van der Waals surface area contributed by atoms with Crippen molar-refractivity contribution >= 4 is 50.3 Å². The molecule has 4 N–H and O–H groups in total. The fourth-order valence-corrected chi connectivity index (χ4v) is 4.27. The second-order valence-corrected chi connectivity index (χ2v) is 8.70. The number of fused-ring (bicyclic) bond motifs is 2. The number of nitrogens with two attached hydrogens (primary N) is 1. The molecule has 1 aliphatic rings. The maximum absolute atomic E-state index is 13.3. The molecule has 0 radical (unpaired) electrons. The summed E-state index contributed by atoms with van der Waals surface area (Å²) in [7, 11) is -5.05. The molecule has 0 heterocycles. The summed E-state index contributed by atoms with van der Waals surface area (Å²) in [5, 5.41) is 5.59. The summed E-state index contributed by atoms with van der Waals surface area (Å²) < 4.78 is 35.6. The molecule has 168 valence electrons. The van der Waals surface area contributed by atoms with E-state index < -0.39 is 32.3 Å². The summed E-state index contributed by atoms with van der Waals surface area (Å²) >= 11 is 0. The average molecular weight is 487 g/mol. The first-order valence-electron chi connectivity index (χ1n) is 9.89. The smallest absolute Gasteiger partial charge is 0.744 e. The predicted octanol–water partition coefficient (Wildman–Crippen LogP) is 0.0444. The molecule has 34 heavy (non-hydrogen) atoms. The van der Waals surface area contributed by atoms with Gasteiger partial charge in [-0.25, -0.2) is 8.42 Å². The Hall–Kier alpha value is -3.02. The SMILES string of the molecule is CCC(=O)Nc1ccc(Nc2cc(S(=O)(=O)[O-])c(N)c3c2C(=O)c2ccccc2C3=O)cc1.[Na+]. The summed E-state index contributed by atoms with van der Waals surface area (Å²) in [6, 6.07) is 13.4. The fourth-order valence-electron chi connectivity index (χ4n) is 3.64. The third-order valence-corrected chi connectivity index (χ3v) is 6.11. The van der Waals surface area contributed by atoms with Crippen molar-refractivity contribution in [1.82, 2.24) is 0 Å². The summed E-state index contributed by atoms with van der Waals surface area (Å²) in [5.74, 6) is -1.35. The van der Waals surface area contributed by atoms with Crippen molar-refractivity contribution in [3.8, 4) is 0 Å². The van der Waals surface area contributed by atoms with Gasteiger partial charge in [0.05, 0.1) is 27.4 Å². The Bertz CT molecular complexity index is 1440. The number of anilines is 4. The Kier molecular flexibility index (Phi) is 7.29. The monoisotopic (exact) mass is 487 g/mol. The molecule has 0 saturated carbocycles. The molecule has 9 nitrogen and oxygen atoms in total. The first-order valence-corrected chi connectivity index (χ1v) is 11.3. The van der Waals surface area contributed by atoms with Gasteiger partial charge in [0.25, 0.3) is 0 Å². The van der Waals surface area contributed by atoms with Gasteiger partial charge < -0.3 is 20.9 Å². The average Bonchev–Trinajstić information content (AvgIpc) is 2.78. The Morgan fingerprint density at radius 2 is 1.47 bits per heavy atom. The maximum atomic E-state index is 13.3. The number of rotatable bonds is 5. The maximum Gasteiger partial charge on any atom is 1.00 e. The van der Waals surface area contributed by atoms with E-state index in [0.717, 1.165) is 6.07 Å². The van der Waals surface area contributed by atoms with Crippen molar-refractivity contribution in [3.63, 3.8) is 0 Å². The first kappa shape index (κ1) is 25.6. The first-order chi connectivity index (χ1) is 15.6. The van der Waals surface area contributed by atoms with Gasteiger partial charge in [0.1, 0.15) is 10.1 Å². The van der Waals surface area contributed by atoms with Crippen LogP contribution < -0.4 is 45.9 Å². The third-order valence-electron chi connectivity index (χ3n) is 5.24. The van der Waals surface area contributed by atoms with E-state index in [2.05, 4.69) is 10.6 Å². The van der Waals surface area contributed by atoms with E-state index in [1.165, 1.54) is 12.1 Å². The van der Waals surface area contributed by atoms with E-state index in [9.17, 15) is 27.4 Å². The van der Waals surface area contributed by atoms with Crippen LogP contribution in [0.25, 0.3) is 0 Å². The van der Waals surface area contributed by atoms with E-state index >= 15 is 0 Å². The van der Waals surface area contributed by atoms with Crippen LogP contribution in [0.2, 0.25) is 0 Å². The summed E-state index contributed by atoms with van der Waals surface area (Å²) in [6.45, 7) is 1.72. The molecule has 0 spiro atoms. The second kappa shape index (κ2) is 9.69. The minimum Gasteiger partial charge on any atom is -0.744 e. The minimum absolute atomic E-state index is 0. The van der Waals surface area contributed by atoms with Crippen LogP contribution in [0.5, 0.6) is 0 Å². The van der Waals surface area contributed by atoms with Crippen LogP contribution in [0.1, 0.15) is 45.2 Å². The summed E-state index contributed by atoms with van der Waals surface area (Å²) in [6.07, 6.45) is 0.307. The van der Waals surface area contributed by atoms with Crippen molar-refractivity contribution in [1.29, 1.82) is 0 Å². The van der Waals surface area contributed by atoms with Crippen molar-refractivity contribution in [2.45, 2.75) is 18.2 Å². The molecule has 0 aromatic heterocycles. The van der Waals surface area contributed by atoms with Crippen LogP contribution in [0.15, 0.2) is 59.5 Å². The summed E-state index contributed by atoms with van der Waals surface area (Å²) in [4.78, 5) is 37.2. The van der Waals surface area contributed by atoms with Crippen molar-refractivity contribution in [3.05, 3.63) is 76.9 Å². The van der Waals surface area contributed by atoms with E-state index in [4.69, 9.17) is 5.73 Å². The molecular weight excluding hydrogens is 469 g/mol. The molecule has 11 heteroatoms. The Morgan fingerprint density at radius 3 is 2.00 bits per heavy atom. The molecule has 0 unspecified atom stereocenters. The van der Waals surface area contributed by atoms with Crippen LogP contribution in [-0.4, -0.2) is 30.4 Å². The van der Waals surface area contributed by atoms with Crippen LogP contribution in [-0.2, 0) is 14.9 Å². The van der Waals surface area contributed by atoms with Gasteiger partial charge in [0, 0.05) is 28.9 Å². The largest absolute Gasteiger partial charge is 1.00 e.